The van der Waals surface area contributed by atoms with Gasteiger partial charge in [-0.3, -0.25) is 0 Å². The summed E-state index contributed by atoms with van der Waals surface area (Å²) in [5, 5.41) is 13.7. The smallest absolute Gasteiger partial charge is 0.326 e. The number of ether oxygens (including phenoxy) is 1. The van der Waals surface area contributed by atoms with Crippen molar-refractivity contribution in [3.05, 3.63) is 24.3 Å². The number of rotatable bonds is 5. The van der Waals surface area contributed by atoms with Crippen molar-refractivity contribution in [3.63, 3.8) is 0 Å². The molecule has 18 heavy (non-hydrogen) atoms. The van der Waals surface area contributed by atoms with Crippen molar-refractivity contribution in [2.24, 2.45) is 0 Å². The number of carboxylic acid groups (broad SMARTS) is 1. The van der Waals surface area contributed by atoms with Crippen LogP contribution < -0.4 is 15.4 Å². The fraction of sp³-hybridized carbons (Fsp3) is 0.333. The number of methoxy groups -OCH3 is 1. The highest BCUT2D eigenvalue weighted by atomic mass is 16.5. The first kappa shape index (κ1) is 13.8. The van der Waals surface area contributed by atoms with Gasteiger partial charge < -0.3 is 20.5 Å². The molecule has 1 aromatic rings. The molecule has 0 heterocycles. The van der Waals surface area contributed by atoms with Gasteiger partial charge in [-0.25, -0.2) is 9.59 Å². The van der Waals surface area contributed by atoms with Crippen LogP contribution >= 0.6 is 0 Å². The Morgan fingerprint density at radius 3 is 2.39 bits per heavy atom. The number of carboxylic acids is 1. The summed E-state index contributed by atoms with van der Waals surface area (Å²) in [6, 6.07) is 5.30. The maximum absolute atomic E-state index is 11.5. The van der Waals surface area contributed by atoms with Gasteiger partial charge in [0.15, 0.2) is 0 Å². The van der Waals surface area contributed by atoms with Gasteiger partial charge >= 0.3 is 12.0 Å². The SMILES string of the molecule is CC[C@H](NC(=O)Nc1ccc(OC)cc1)C(=O)O. The number of nitrogens with one attached hydrogen (secondary N) is 2. The summed E-state index contributed by atoms with van der Waals surface area (Å²) in [7, 11) is 1.55. The van der Waals surface area contributed by atoms with Gasteiger partial charge in [0.25, 0.3) is 0 Å². The second-order valence-electron chi connectivity index (χ2n) is 3.63. The molecular weight excluding hydrogens is 236 g/mol. The molecule has 0 saturated carbocycles. The highest BCUT2D eigenvalue weighted by molar-refractivity contribution is 5.92. The molecule has 2 amide bonds. The molecule has 0 unspecified atom stereocenters. The number of amides is 2. The molecule has 1 rings (SSSR count). The first-order chi connectivity index (χ1) is 8.56. The van der Waals surface area contributed by atoms with Crippen LogP contribution in [0.3, 0.4) is 0 Å². The standard InChI is InChI=1S/C12H16N2O4/c1-3-10(11(15)16)14-12(17)13-8-4-6-9(18-2)7-5-8/h4-7,10H,3H2,1-2H3,(H,15,16)(H2,13,14,17)/t10-/m0/s1. The van der Waals surface area contributed by atoms with E-state index in [-0.39, 0.29) is 0 Å². The first-order valence-corrected chi connectivity index (χ1v) is 5.51. The molecule has 1 aromatic carbocycles. The molecule has 0 aromatic heterocycles. The van der Waals surface area contributed by atoms with Crippen molar-refractivity contribution in [3.8, 4) is 5.75 Å². The van der Waals surface area contributed by atoms with Gasteiger partial charge in [0.05, 0.1) is 7.11 Å². The lowest BCUT2D eigenvalue weighted by atomic mass is 10.2. The van der Waals surface area contributed by atoms with E-state index < -0.39 is 18.0 Å². The number of urea groups is 1. The lowest BCUT2D eigenvalue weighted by Gasteiger charge is -2.13. The zero-order valence-electron chi connectivity index (χ0n) is 10.3. The largest absolute Gasteiger partial charge is 0.497 e. The molecule has 0 aliphatic carbocycles. The Hall–Kier alpha value is -2.24. The van der Waals surface area contributed by atoms with E-state index in [0.717, 1.165) is 0 Å². The lowest BCUT2D eigenvalue weighted by molar-refractivity contribution is -0.139. The highest BCUT2D eigenvalue weighted by Crippen LogP contribution is 2.14. The van der Waals surface area contributed by atoms with Crippen molar-refractivity contribution in [1.82, 2.24) is 5.32 Å². The molecule has 6 heteroatoms. The van der Waals surface area contributed by atoms with Crippen molar-refractivity contribution in [1.29, 1.82) is 0 Å². The molecule has 0 aliphatic rings. The minimum Gasteiger partial charge on any atom is -0.497 e. The molecule has 0 aliphatic heterocycles. The molecule has 0 fully saturated rings. The topological polar surface area (TPSA) is 87.7 Å². The van der Waals surface area contributed by atoms with Gasteiger partial charge in [0, 0.05) is 5.69 Å². The van der Waals surface area contributed by atoms with E-state index in [2.05, 4.69) is 10.6 Å². The average molecular weight is 252 g/mol. The summed E-state index contributed by atoms with van der Waals surface area (Å²) in [6.45, 7) is 1.69. The number of hydrogen-bond acceptors (Lipinski definition) is 3. The van der Waals surface area contributed by atoms with E-state index >= 15 is 0 Å². The highest BCUT2D eigenvalue weighted by Gasteiger charge is 2.17. The van der Waals surface area contributed by atoms with Crippen molar-refractivity contribution < 1.29 is 19.4 Å². The summed E-state index contributed by atoms with van der Waals surface area (Å²) < 4.78 is 4.98. The molecule has 0 spiro atoms. The van der Waals surface area contributed by atoms with Crippen LogP contribution in [0.25, 0.3) is 0 Å². The minimum atomic E-state index is -1.05. The molecule has 0 saturated heterocycles. The van der Waals surface area contributed by atoms with Crippen LogP contribution in [-0.2, 0) is 4.79 Å². The third kappa shape index (κ3) is 3.97. The zero-order valence-corrected chi connectivity index (χ0v) is 10.3. The Bertz CT molecular complexity index is 417. The summed E-state index contributed by atoms with van der Waals surface area (Å²) in [5.41, 5.74) is 0.563. The number of benzene rings is 1. The van der Waals surface area contributed by atoms with Crippen LogP contribution in [0, 0.1) is 0 Å². The fourth-order valence-corrected chi connectivity index (χ4v) is 1.34. The van der Waals surface area contributed by atoms with E-state index in [1.165, 1.54) is 0 Å². The van der Waals surface area contributed by atoms with Crippen LogP contribution in [-0.4, -0.2) is 30.3 Å². The van der Waals surface area contributed by atoms with E-state index in [1.807, 2.05) is 0 Å². The predicted octanol–water partition coefficient (Wildman–Crippen LogP) is 1.68. The van der Waals surface area contributed by atoms with Crippen LogP contribution in [0.15, 0.2) is 24.3 Å². The molecule has 0 bridgehead atoms. The second kappa shape index (κ2) is 6.48. The zero-order chi connectivity index (χ0) is 13.5. The Kier molecular flexibility index (Phi) is 4.98. The molecule has 98 valence electrons. The summed E-state index contributed by atoms with van der Waals surface area (Å²) >= 11 is 0. The van der Waals surface area contributed by atoms with Crippen LogP contribution in [0.2, 0.25) is 0 Å². The van der Waals surface area contributed by atoms with E-state index in [4.69, 9.17) is 9.84 Å². The average Bonchev–Trinajstić information content (AvgIpc) is 2.36. The van der Waals surface area contributed by atoms with E-state index in [0.29, 0.717) is 17.9 Å². The van der Waals surface area contributed by atoms with E-state index in [9.17, 15) is 9.59 Å². The Morgan fingerprint density at radius 2 is 1.94 bits per heavy atom. The van der Waals surface area contributed by atoms with Gasteiger partial charge in [-0.15, -0.1) is 0 Å². The fourth-order valence-electron chi connectivity index (χ4n) is 1.34. The van der Waals surface area contributed by atoms with Crippen LogP contribution in [0.1, 0.15) is 13.3 Å². The third-order valence-electron chi connectivity index (χ3n) is 2.36. The molecule has 0 radical (unpaired) electrons. The van der Waals surface area contributed by atoms with Crippen molar-refractivity contribution in [2.75, 3.05) is 12.4 Å². The van der Waals surface area contributed by atoms with Gasteiger partial charge in [-0.05, 0) is 30.7 Å². The Balaban J connectivity index is 2.55. The Labute approximate surface area is 105 Å². The number of anilines is 1. The quantitative estimate of drug-likeness (QED) is 0.744. The van der Waals surface area contributed by atoms with Gasteiger partial charge in [0.1, 0.15) is 11.8 Å². The normalized spacial score (nSPS) is 11.4. The summed E-state index contributed by atoms with van der Waals surface area (Å²) in [4.78, 5) is 22.3. The van der Waals surface area contributed by atoms with Crippen molar-refractivity contribution >= 4 is 17.7 Å². The first-order valence-electron chi connectivity index (χ1n) is 5.51. The van der Waals surface area contributed by atoms with E-state index in [1.54, 1.807) is 38.3 Å². The Morgan fingerprint density at radius 1 is 1.33 bits per heavy atom. The molecule has 3 N–H and O–H groups in total. The van der Waals surface area contributed by atoms with Crippen LogP contribution in [0.5, 0.6) is 5.75 Å². The lowest BCUT2D eigenvalue weighted by Crippen LogP contribution is -2.42. The summed E-state index contributed by atoms with van der Waals surface area (Å²) in [5.74, 6) is -0.375. The number of carbonyl (C=O) groups is 2. The maximum Gasteiger partial charge on any atom is 0.326 e. The molecule has 1 atom stereocenters. The molecule has 6 nitrogen and oxygen atoms in total. The maximum atomic E-state index is 11.5. The summed E-state index contributed by atoms with van der Waals surface area (Å²) in [6.07, 6.45) is 0.325. The van der Waals surface area contributed by atoms with Gasteiger partial charge in [-0.1, -0.05) is 6.92 Å². The van der Waals surface area contributed by atoms with Crippen molar-refractivity contribution in [2.45, 2.75) is 19.4 Å². The number of hydrogen-bond donors (Lipinski definition) is 3. The number of carbonyl (C=O) groups excluding carboxylic acids is 1. The third-order valence-corrected chi connectivity index (χ3v) is 2.36. The monoisotopic (exact) mass is 252 g/mol. The second-order valence-corrected chi connectivity index (χ2v) is 3.63. The predicted molar refractivity (Wildman–Crippen MR) is 66.9 cm³/mol. The van der Waals surface area contributed by atoms with Gasteiger partial charge in [0.2, 0.25) is 0 Å². The molecular formula is C12H16N2O4. The van der Waals surface area contributed by atoms with Gasteiger partial charge in [-0.2, -0.15) is 0 Å². The van der Waals surface area contributed by atoms with Crippen LogP contribution in [0.4, 0.5) is 10.5 Å². The number of aliphatic carboxylic acids is 1. The minimum absolute atomic E-state index is 0.325.